The summed E-state index contributed by atoms with van der Waals surface area (Å²) < 4.78 is 25.9. The Labute approximate surface area is 151 Å². The molecule has 140 valence electrons. The average molecular weight is 368 g/mol. The lowest BCUT2D eigenvalue weighted by molar-refractivity contribution is 0.0945. The van der Waals surface area contributed by atoms with Crippen molar-refractivity contribution in [2.24, 2.45) is 0 Å². The maximum absolute atomic E-state index is 12.2. The summed E-state index contributed by atoms with van der Waals surface area (Å²) >= 11 is 0. The van der Waals surface area contributed by atoms with E-state index in [9.17, 15) is 13.2 Å². The molecule has 1 aliphatic heterocycles. The summed E-state index contributed by atoms with van der Waals surface area (Å²) in [6.07, 6.45) is 0. The first-order valence-corrected chi connectivity index (χ1v) is 10.3. The van der Waals surface area contributed by atoms with Gasteiger partial charge in [-0.15, -0.1) is 0 Å². The van der Waals surface area contributed by atoms with Crippen LogP contribution in [0.2, 0.25) is 0 Å². The number of piperazine rings is 1. The third-order valence-electron chi connectivity index (χ3n) is 4.77. The van der Waals surface area contributed by atoms with E-state index in [0.717, 1.165) is 12.1 Å². The standard InChI is InChI=1S/C18H29N3O3S/c1-14(2)25(23,24)21-11-9-20(10-12-21)8-7-19-18(22)17-6-5-15(3)16(4)13-17/h5-6,13-14H,7-12H2,1-4H3,(H,19,22). The molecule has 0 unspecified atom stereocenters. The van der Waals surface area contributed by atoms with Crippen LogP contribution in [0.25, 0.3) is 0 Å². The Hall–Kier alpha value is -1.44. The summed E-state index contributed by atoms with van der Waals surface area (Å²) in [7, 11) is -3.16. The largest absolute Gasteiger partial charge is 0.351 e. The second kappa shape index (κ2) is 8.29. The molecule has 0 bridgehead atoms. The highest BCUT2D eigenvalue weighted by Crippen LogP contribution is 2.12. The maximum Gasteiger partial charge on any atom is 0.251 e. The Morgan fingerprint density at radius 2 is 1.76 bits per heavy atom. The molecular weight excluding hydrogens is 338 g/mol. The van der Waals surface area contributed by atoms with E-state index in [1.165, 1.54) is 5.56 Å². The summed E-state index contributed by atoms with van der Waals surface area (Å²) in [6.45, 7) is 11.2. The van der Waals surface area contributed by atoms with Crippen LogP contribution in [0.3, 0.4) is 0 Å². The fourth-order valence-electron chi connectivity index (χ4n) is 2.82. The van der Waals surface area contributed by atoms with E-state index in [1.54, 1.807) is 18.2 Å². The molecule has 0 aliphatic carbocycles. The van der Waals surface area contributed by atoms with Crippen LogP contribution in [0, 0.1) is 13.8 Å². The number of nitrogens with one attached hydrogen (secondary N) is 1. The Morgan fingerprint density at radius 3 is 2.32 bits per heavy atom. The molecule has 1 aliphatic rings. The third kappa shape index (κ3) is 5.03. The number of sulfonamides is 1. The lowest BCUT2D eigenvalue weighted by Gasteiger charge is -2.34. The summed E-state index contributed by atoms with van der Waals surface area (Å²) in [5.74, 6) is -0.0656. The highest BCUT2D eigenvalue weighted by Gasteiger charge is 2.29. The molecule has 1 aromatic carbocycles. The van der Waals surface area contributed by atoms with Gasteiger partial charge < -0.3 is 5.32 Å². The van der Waals surface area contributed by atoms with Gasteiger partial charge >= 0.3 is 0 Å². The molecule has 1 amide bonds. The molecule has 1 saturated heterocycles. The van der Waals surface area contributed by atoms with Crippen molar-refractivity contribution in [2.75, 3.05) is 39.3 Å². The van der Waals surface area contributed by atoms with Gasteiger partial charge in [-0.2, -0.15) is 4.31 Å². The molecule has 0 aromatic heterocycles. The summed E-state index contributed by atoms with van der Waals surface area (Å²) in [5.41, 5.74) is 2.96. The van der Waals surface area contributed by atoms with E-state index >= 15 is 0 Å². The molecule has 6 nitrogen and oxygen atoms in total. The van der Waals surface area contributed by atoms with Gasteiger partial charge in [0.2, 0.25) is 10.0 Å². The molecule has 0 radical (unpaired) electrons. The van der Waals surface area contributed by atoms with E-state index in [-0.39, 0.29) is 11.2 Å². The number of rotatable bonds is 6. The van der Waals surface area contributed by atoms with Gasteiger partial charge in [-0.3, -0.25) is 9.69 Å². The van der Waals surface area contributed by atoms with Gasteiger partial charge in [-0.05, 0) is 51.0 Å². The first-order valence-electron chi connectivity index (χ1n) is 8.78. The van der Waals surface area contributed by atoms with Crippen LogP contribution in [0.5, 0.6) is 0 Å². The summed E-state index contributed by atoms with van der Waals surface area (Å²) in [4.78, 5) is 14.4. The highest BCUT2D eigenvalue weighted by molar-refractivity contribution is 7.89. The minimum atomic E-state index is -3.16. The second-order valence-corrected chi connectivity index (χ2v) is 9.38. The molecule has 1 fully saturated rings. The number of benzene rings is 1. The predicted octanol–water partition coefficient (Wildman–Crippen LogP) is 1.39. The summed E-state index contributed by atoms with van der Waals surface area (Å²) in [6, 6.07) is 5.70. The van der Waals surface area contributed by atoms with Crippen LogP contribution in [0.4, 0.5) is 0 Å². The Balaban J connectivity index is 1.76. The van der Waals surface area contributed by atoms with Gasteiger partial charge in [-0.1, -0.05) is 6.07 Å². The molecule has 25 heavy (non-hydrogen) atoms. The number of nitrogens with zero attached hydrogens (tertiary/aromatic N) is 2. The Kier molecular flexibility index (Phi) is 6.59. The number of hydrogen-bond acceptors (Lipinski definition) is 4. The zero-order valence-electron chi connectivity index (χ0n) is 15.6. The Morgan fingerprint density at radius 1 is 1.12 bits per heavy atom. The molecule has 7 heteroatoms. The van der Waals surface area contributed by atoms with Gasteiger partial charge in [0, 0.05) is 44.8 Å². The van der Waals surface area contributed by atoms with E-state index in [2.05, 4.69) is 10.2 Å². The van der Waals surface area contributed by atoms with E-state index in [1.807, 2.05) is 32.0 Å². The normalized spacial score (nSPS) is 17.0. The minimum absolute atomic E-state index is 0.0656. The van der Waals surface area contributed by atoms with Gasteiger partial charge in [0.1, 0.15) is 0 Å². The fourth-order valence-corrected chi connectivity index (χ4v) is 4.09. The van der Waals surface area contributed by atoms with E-state index < -0.39 is 10.0 Å². The Bertz CT molecular complexity index is 708. The molecule has 0 saturated carbocycles. The molecule has 1 aromatic rings. The van der Waals surface area contributed by atoms with Gasteiger partial charge in [0.25, 0.3) is 5.91 Å². The number of aryl methyl sites for hydroxylation is 2. The lowest BCUT2D eigenvalue weighted by atomic mass is 10.1. The van der Waals surface area contributed by atoms with Crippen molar-refractivity contribution in [3.8, 4) is 0 Å². The molecule has 0 spiro atoms. The topological polar surface area (TPSA) is 69.7 Å². The third-order valence-corrected chi connectivity index (χ3v) is 7.05. The van der Waals surface area contributed by atoms with Crippen molar-refractivity contribution in [3.63, 3.8) is 0 Å². The van der Waals surface area contributed by atoms with Gasteiger partial charge in [0.15, 0.2) is 0 Å². The molecule has 1 heterocycles. The van der Waals surface area contributed by atoms with Crippen molar-refractivity contribution >= 4 is 15.9 Å². The van der Waals surface area contributed by atoms with Crippen LogP contribution in [-0.4, -0.2) is 68.0 Å². The number of carbonyl (C=O) groups excluding carboxylic acids is 1. The first kappa shape index (κ1) is 19.9. The predicted molar refractivity (Wildman–Crippen MR) is 100 cm³/mol. The van der Waals surface area contributed by atoms with E-state index in [4.69, 9.17) is 0 Å². The SMILES string of the molecule is Cc1ccc(C(=O)NCCN2CCN(S(=O)(=O)C(C)C)CC2)cc1C. The quantitative estimate of drug-likeness (QED) is 0.825. The fraction of sp³-hybridized carbons (Fsp3) is 0.611. The summed E-state index contributed by atoms with van der Waals surface area (Å²) in [5, 5.41) is 2.56. The highest BCUT2D eigenvalue weighted by atomic mass is 32.2. The van der Waals surface area contributed by atoms with Crippen LogP contribution >= 0.6 is 0 Å². The van der Waals surface area contributed by atoms with Crippen LogP contribution < -0.4 is 5.32 Å². The molecule has 2 rings (SSSR count). The average Bonchev–Trinajstić information content (AvgIpc) is 2.57. The van der Waals surface area contributed by atoms with Crippen molar-refractivity contribution < 1.29 is 13.2 Å². The van der Waals surface area contributed by atoms with Crippen molar-refractivity contribution in [3.05, 3.63) is 34.9 Å². The van der Waals surface area contributed by atoms with Crippen molar-refractivity contribution in [2.45, 2.75) is 32.9 Å². The smallest absolute Gasteiger partial charge is 0.251 e. The van der Waals surface area contributed by atoms with Crippen molar-refractivity contribution in [1.29, 1.82) is 0 Å². The monoisotopic (exact) mass is 367 g/mol. The van der Waals surface area contributed by atoms with Gasteiger partial charge in [-0.25, -0.2) is 8.42 Å². The first-order chi connectivity index (χ1) is 11.7. The lowest BCUT2D eigenvalue weighted by Crippen LogP contribution is -2.51. The maximum atomic E-state index is 12.2. The van der Waals surface area contributed by atoms with E-state index in [0.29, 0.717) is 38.3 Å². The minimum Gasteiger partial charge on any atom is -0.351 e. The van der Waals surface area contributed by atoms with Crippen molar-refractivity contribution in [1.82, 2.24) is 14.5 Å². The van der Waals surface area contributed by atoms with Crippen LogP contribution in [0.1, 0.15) is 35.3 Å². The zero-order valence-corrected chi connectivity index (χ0v) is 16.4. The molecule has 1 N–H and O–H groups in total. The number of amides is 1. The number of hydrogen-bond donors (Lipinski definition) is 1. The number of carbonyl (C=O) groups is 1. The molecular formula is C18H29N3O3S. The molecule has 0 atom stereocenters. The van der Waals surface area contributed by atoms with Crippen LogP contribution in [0.15, 0.2) is 18.2 Å². The van der Waals surface area contributed by atoms with Gasteiger partial charge in [0.05, 0.1) is 5.25 Å². The zero-order chi connectivity index (χ0) is 18.6. The van der Waals surface area contributed by atoms with Crippen LogP contribution in [-0.2, 0) is 10.0 Å². The second-order valence-electron chi connectivity index (χ2n) is 6.89.